The Kier molecular flexibility index (Phi) is 3.06. The molecule has 0 atom stereocenters. The first-order chi connectivity index (χ1) is 7.28. The Hall–Kier alpha value is -1.29. The molecule has 3 N–H and O–H groups in total. The number of nitrogens with one attached hydrogen (secondary N) is 1. The van der Waals surface area contributed by atoms with Crippen LogP contribution in [-0.2, 0) is 0 Å². The average Bonchev–Trinajstić information content (AvgIpc) is 2.23. The summed E-state index contributed by atoms with van der Waals surface area (Å²) in [4.78, 5) is 4.05. The van der Waals surface area contributed by atoms with Gasteiger partial charge < -0.3 is 15.8 Å². The molecule has 0 radical (unpaired) electrons. The van der Waals surface area contributed by atoms with Gasteiger partial charge in [0, 0.05) is 30.5 Å². The van der Waals surface area contributed by atoms with Gasteiger partial charge in [-0.1, -0.05) is 0 Å². The smallest absolute Gasteiger partial charge is 0.214 e. The van der Waals surface area contributed by atoms with Crippen LogP contribution in [0.15, 0.2) is 18.3 Å². The van der Waals surface area contributed by atoms with E-state index in [0.717, 1.165) is 31.0 Å². The van der Waals surface area contributed by atoms with Crippen LogP contribution in [0.4, 0.5) is 5.69 Å². The normalized spacial score (nSPS) is 24.4. The second-order valence-corrected chi connectivity index (χ2v) is 4.07. The van der Waals surface area contributed by atoms with E-state index in [1.165, 1.54) is 0 Å². The van der Waals surface area contributed by atoms with Crippen molar-refractivity contribution in [2.45, 2.75) is 18.9 Å². The van der Waals surface area contributed by atoms with Crippen LogP contribution in [0.5, 0.6) is 5.88 Å². The highest BCUT2D eigenvalue weighted by molar-refractivity contribution is 5.45. The Balaban J connectivity index is 1.82. The topological polar surface area (TPSA) is 60.2 Å². The molecule has 0 saturated heterocycles. The van der Waals surface area contributed by atoms with Gasteiger partial charge in [0.05, 0.1) is 7.11 Å². The van der Waals surface area contributed by atoms with Crippen molar-refractivity contribution in [2.75, 3.05) is 19.0 Å². The number of methoxy groups -OCH3 is 1. The van der Waals surface area contributed by atoms with E-state index in [-0.39, 0.29) is 0 Å². The van der Waals surface area contributed by atoms with Crippen LogP contribution in [0.2, 0.25) is 0 Å². The molecule has 1 heterocycles. The summed E-state index contributed by atoms with van der Waals surface area (Å²) in [5.41, 5.74) is 6.78. The van der Waals surface area contributed by atoms with Gasteiger partial charge in [-0.2, -0.15) is 0 Å². The summed E-state index contributed by atoms with van der Waals surface area (Å²) in [6.45, 7) is 0.987. The fraction of sp³-hybridized carbons (Fsp3) is 0.545. The minimum absolute atomic E-state index is 0.420. The van der Waals surface area contributed by atoms with E-state index < -0.39 is 0 Å². The Labute approximate surface area is 89.8 Å². The average molecular weight is 207 g/mol. The molecule has 0 unspecified atom stereocenters. The van der Waals surface area contributed by atoms with E-state index in [2.05, 4.69) is 10.3 Å². The van der Waals surface area contributed by atoms with Crippen molar-refractivity contribution in [3.63, 3.8) is 0 Å². The molecule has 82 valence electrons. The number of ether oxygens (including phenoxy) is 1. The number of aromatic nitrogens is 1. The first-order valence-corrected chi connectivity index (χ1v) is 5.27. The fourth-order valence-corrected chi connectivity index (χ4v) is 1.85. The lowest BCUT2D eigenvalue weighted by molar-refractivity contribution is 0.280. The van der Waals surface area contributed by atoms with Crippen molar-refractivity contribution in [3.8, 4) is 5.88 Å². The highest BCUT2D eigenvalue weighted by Gasteiger charge is 2.25. The van der Waals surface area contributed by atoms with Crippen LogP contribution in [0, 0.1) is 5.92 Å². The summed E-state index contributed by atoms with van der Waals surface area (Å²) < 4.78 is 5.05. The molecule has 1 saturated carbocycles. The second kappa shape index (κ2) is 4.49. The number of hydrogen-bond donors (Lipinski definition) is 2. The molecule has 0 amide bonds. The van der Waals surface area contributed by atoms with Crippen molar-refractivity contribution in [1.82, 2.24) is 4.98 Å². The zero-order valence-corrected chi connectivity index (χ0v) is 8.94. The highest BCUT2D eigenvalue weighted by Crippen LogP contribution is 2.26. The predicted octanol–water partition coefficient (Wildman–Crippen LogP) is 1.24. The maximum Gasteiger partial charge on any atom is 0.214 e. The maximum absolute atomic E-state index is 5.73. The van der Waals surface area contributed by atoms with E-state index in [1.54, 1.807) is 13.3 Å². The molecular formula is C11H17N3O. The Morgan fingerprint density at radius 1 is 1.60 bits per heavy atom. The molecule has 4 nitrogen and oxygen atoms in total. The van der Waals surface area contributed by atoms with Gasteiger partial charge in [-0.05, 0) is 24.8 Å². The molecule has 1 aliphatic rings. The summed E-state index contributed by atoms with van der Waals surface area (Å²) in [5.74, 6) is 1.37. The number of anilines is 1. The first kappa shape index (κ1) is 10.2. The lowest BCUT2D eigenvalue weighted by Crippen LogP contribution is -2.39. The molecule has 15 heavy (non-hydrogen) atoms. The number of hydrogen-bond acceptors (Lipinski definition) is 4. The van der Waals surface area contributed by atoms with Crippen LogP contribution in [-0.4, -0.2) is 24.7 Å². The molecule has 1 aromatic heterocycles. The number of nitrogens with zero attached hydrogens (tertiary/aromatic N) is 1. The van der Waals surface area contributed by atoms with E-state index >= 15 is 0 Å². The minimum atomic E-state index is 0.420. The molecule has 1 aromatic rings. The van der Waals surface area contributed by atoms with Gasteiger partial charge in [-0.3, -0.25) is 0 Å². The van der Waals surface area contributed by atoms with E-state index in [0.29, 0.717) is 11.9 Å². The van der Waals surface area contributed by atoms with Crippen LogP contribution >= 0.6 is 0 Å². The Morgan fingerprint density at radius 2 is 2.40 bits per heavy atom. The zero-order valence-electron chi connectivity index (χ0n) is 8.94. The largest absolute Gasteiger partial charge is 0.481 e. The molecule has 2 rings (SSSR count). The van der Waals surface area contributed by atoms with Crippen LogP contribution in [0.1, 0.15) is 12.8 Å². The highest BCUT2D eigenvalue weighted by atomic mass is 16.5. The van der Waals surface area contributed by atoms with Crippen molar-refractivity contribution < 1.29 is 4.74 Å². The lowest BCUT2D eigenvalue weighted by atomic mass is 9.81. The molecule has 1 fully saturated rings. The summed E-state index contributed by atoms with van der Waals surface area (Å²) in [6, 6.07) is 4.27. The van der Waals surface area contributed by atoms with Crippen LogP contribution in [0.25, 0.3) is 0 Å². The summed E-state index contributed by atoms with van der Waals surface area (Å²) >= 11 is 0. The summed E-state index contributed by atoms with van der Waals surface area (Å²) in [7, 11) is 1.62. The third-order valence-corrected chi connectivity index (χ3v) is 2.81. The second-order valence-electron chi connectivity index (χ2n) is 4.07. The van der Waals surface area contributed by atoms with Gasteiger partial charge in [0.2, 0.25) is 5.88 Å². The molecule has 0 aliphatic heterocycles. The van der Waals surface area contributed by atoms with Crippen molar-refractivity contribution in [2.24, 2.45) is 11.7 Å². The minimum Gasteiger partial charge on any atom is -0.481 e. The van der Waals surface area contributed by atoms with E-state index in [4.69, 9.17) is 10.5 Å². The first-order valence-electron chi connectivity index (χ1n) is 5.27. The standard InChI is InChI=1S/C11H17N3O/c1-15-11-6-10(2-3-13-11)14-7-8-4-9(12)5-8/h2-3,6,8-9H,4-5,7,12H2,1H3,(H,13,14). The van der Waals surface area contributed by atoms with Crippen LogP contribution in [0.3, 0.4) is 0 Å². The van der Waals surface area contributed by atoms with Gasteiger partial charge in [0.1, 0.15) is 0 Å². The van der Waals surface area contributed by atoms with Crippen LogP contribution < -0.4 is 15.8 Å². The van der Waals surface area contributed by atoms with Gasteiger partial charge >= 0.3 is 0 Å². The third kappa shape index (κ3) is 2.59. The third-order valence-electron chi connectivity index (χ3n) is 2.81. The SMILES string of the molecule is COc1cc(NCC2CC(N)C2)ccn1. The Bertz CT molecular complexity index is 323. The predicted molar refractivity (Wildman–Crippen MR) is 60.0 cm³/mol. The molecule has 0 spiro atoms. The van der Waals surface area contributed by atoms with Gasteiger partial charge in [-0.25, -0.2) is 4.98 Å². The lowest BCUT2D eigenvalue weighted by Gasteiger charge is -2.32. The molecule has 4 heteroatoms. The molecule has 0 bridgehead atoms. The van der Waals surface area contributed by atoms with Crippen molar-refractivity contribution >= 4 is 5.69 Å². The molecule has 1 aliphatic carbocycles. The van der Waals surface area contributed by atoms with E-state index in [9.17, 15) is 0 Å². The zero-order chi connectivity index (χ0) is 10.7. The van der Waals surface area contributed by atoms with Crippen molar-refractivity contribution in [3.05, 3.63) is 18.3 Å². The van der Waals surface area contributed by atoms with Gasteiger partial charge in [0.25, 0.3) is 0 Å². The molecule has 0 aromatic carbocycles. The maximum atomic E-state index is 5.73. The summed E-state index contributed by atoms with van der Waals surface area (Å²) in [5, 5.41) is 3.37. The van der Waals surface area contributed by atoms with E-state index in [1.807, 2.05) is 12.1 Å². The fourth-order valence-electron chi connectivity index (χ4n) is 1.85. The Morgan fingerprint density at radius 3 is 3.07 bits per heavy atom. The van der Waals surface area contributed by atoms with Crippen molar-refractivity contribution in [1.29, 1.82) is 0 Å². The molecular weight excluding hydrogens is 190 g/mol. The van der Waals surface area contributed by atoms with Gasteiger partial charge in [-0.15, -0.1) is 0 Å². The summed E-state index contributed by atoms with van der Waals surface area (Å²) in [6.07, 6.45) is 4.01. The number of pyridine rings is 1. The quantitative estimate of drug-likeness (QED) is 0.779. The number of nitrogens with two attached hydrogens (primary N) is 1. The number of rotatable bonds is 4. The van der Waals surface area contributed by atoms with Gasteiger partial charge in [0.15, 0.2) is 0 Å². The monoisotopic (exact) mass is 207 g/mol.